The first-order chi connectivity index (χ1) is 7.36. The minimum absolute atomic E-state index is 1.34. The molecular formula is C14H14S. The minimum atomic E-state index is 1.34. The van der Waals surface area contributed by atoms with Crippen molar-refractivity contribution in [3.63, 3.8) is 0 Å². The maximum atomic E-state index is 2.19. The highest BCUT2D eigenvalue weighted by atomic mass is 32.1. The zero-order valence-electron chi connectivity index (χ0n) is 9.03. The predicted octanol–water partition coefficient (Wildman–Crippen LogP) is 4.97. The molecule has 0 atom stereocenters. The van der Waals surface area contributed by atoms with Crippen LogP contribution in [0.25, 0.3) is 22.2 Å². The van der Waals surface area contributed by atoms with Gasteiger partial charge in [-0.15, -0.1) is 11.3 Å². The molecule has 1 heteroatoms. The van der Waals surface area contributed by atoms with Gasteiger partial charge in [0, 0.05) is 15.0 Å². The van der Waals surface area contributed by atoms with Gasteiger partial charge in [-0.25, -0.2) is 0 Å². The van der Waals surface area contributed by atoms with Gasteiger partial charge in [-0.05, 0) is 31.6 Å². The van der Waals surface area contributed by atoms with Crippen LogP contribution in [-0.4, -0.2) is 0 Å². The van der Waals surface area contributed by atoms with Gasteiger partial charge in [-0.1, -0.05) is 36.4 Å². The van der Waals surface area contributed by atoms with Crippen LogP contribution in [0.15, 0.2) is 36.4 Å². The second-order valence-electron chi connectivity index (χ2n) is 3.38. The van der Waals surface area contributed by atoms with E-state index in [0.29, 0.717) is 0 Å². The van der Waals surface area contributed by atoms with E-state index in [-0.39, 0.29) is 0 Å². The second-order valence-corrected chi connectivity index (χ2v) is 4.46. The third kappa shape index (κ3) is 1.88. The monoisotopic (exact) mass is 214 g/mol. The van der Waals surface area contributed by atoms with E-state index in [2.05, 4.69) is 62.4 Å². The highest BCUT2D eigenvalue weighted by Gasteiger charge is 2.05. The fourth-order valence-electron chi connectivity index (χ4n) is 1.70. The molecule has 0 aliphatic rings. The largest absolute Gasteiger partial charge is 0.135 e. The van der Waals surface area contributed by atoms with Crippen molar-refractivity contribution in [2.75, 3.05) is 0 Å². The number of fused-ring (bicyclic) bond motifs is 1. The zero-order valence-corrected chi connectivity index (χ0v) is 9.84. The van der Waals surface area contributed by atoms with Gasteiger partial charge < -0.3 is 0 Å². The molecule has 1 aromatic heterocycles. The third-order valence-corrected chi connectivity index (χ3v) is 3.47. The molecule has 15 heavy (non-hydrogen) atoms. The summed E-state index contributed by atoms with van der Waals surface area (Å²) in [5, 5.41) is 1.36. The molecule has 0 bridgehead atoms. The molecular weight excluding hydrogens is 200 g/mol. The van der Waals surface area contributed by atoms with Gasteiger partial charge in [0.15, 0.2) is 0 Å². The first kappa shape index (κ1) is 10.2. The summed E-state index contributed by atoms with van der Waals surface area (Å²) in [6.07, 6.45) is 8.56. The second kappa shape index (κ2) is 4.45. The Morgan fingerprint density at radius 3 is 2.47 bits per heavy atom. The van der Waals surface area contributed by atoms with Crippen LogP contribution in [-0.2, 0) is 0 Å². The number of rotatable bonds is 2. The SMILES string of the molecule is C/C=C\c1sc2ccccc2c1/C=C\C. The predicted molar refractivity (Wildman–Crippen MR) is 71.2 cm³/mol. The molecule has 0 N–H and O–H groups in total. The summed E-state index contributed by atoms with van der Waals surface area (Å²) in [6, 6.07) is 8.56. The minimum Gasteiger partial charge on any atom is -0.135 e. The Labute approximate surface area is 94.6 Å². The van der Waals surface area contributed by atoms with E-state index in [1.165, 1.54) is 20.5 Å². The molecule has 0 saturated carbocycles. The van der Waals surface area contributed by atoms with Crippen molar-refractivity contribution in [1.29, 1.82) is 0 Å². The number of hydrogen-bond donors (Lipinski definition) is 0. The van der Waals surface area contributed by atoms with Gasteiger partial charge in [-0.3, -0.25) is 0 Å². The first-order valence-corrected chi connectivity index (χ1v) is 5.95. The highest BCUT2D eigenvalue weighted by Crippen LogP contribution is 2.33. The van der Waals surface area contributed by atoms with Gasteiger partial charge in [-0.2, -0.15) is 0 Å². The van der Waals surface area contributed by atoms with Crippen molar-refractivity contribution in [3.05, 3.63) is 46.9 Å². The Kier molecular flexibility index (Phi) is 3.02. The van der Waals surface area contributed by atoms with Crippen molar-refractivity contribution in [3.8, 4) is 0 Å². The smallest absolute Gasteiger partial charge is 0.0355 e. The van der Waals surface area contributed by atoms with Crippen LogP contribution in [0.3, 0.4) is 0 Å². The van der Waals surface area contributed by atoms with E-state index < -0.39 is 0 Å². The van der Waals surface area contributed by atoms with Crippen molar-refractivity contribution in [2.24, 2.45) is 0 Å². The molecule has 2 aromatic rings. The molecule has 0 amide bonds. The summed E-state index contributed by atoms with van der Waals surface area (Å²) >= 11 is 1.85. The summed E-state index contributed by atoms with van der Waals surface area (Å²) in [6.45, 7) is 4.12. The topological polar surface area (TPSA) is 0 Å². The number of thiophene rings is 1. The van der Waals surface area contributed by atoms with Crippen LogP contribution in [0.1, 0.15) is 24.3 Å². The zero-order chi connectivity index (χ0) is 10.7. The third-order valence-electron chi connectivity index (χ3n) is 2.31. The lowest BCUT2D eigenvalue weighted by Gasteiger charge is -1.92. The Bertz CT molecular complexity index is 515. The average Bonchev–Trinajstić information content (AvgIpc) is 2.59. The van der Waals surface area contributed by atoms with Crippen LogP contribution in [0, 0.1) is 0 Å². The summed E-state index contributed by atoms with van der Waals surface area (Å²) in [5.74, 6) is 0. The molecule has 76 valence electrons. The Morgan fingerprint density at radius 2 is 1.73 bits per heavy atom. The van der Waals surface area contributed by atoms with Crippen molar-refractivity contribution >= 4 is 33.6 Å². The van der Waals surface area contributed by atoms with E-state index in [1.807, 2.05) is 11.3 Å². The lowest BCUT2D eigenvalue weighted by atomic mass is 10.1. The summed E-state index contributed by atoms with van der Waals surface area (Å²) in [7, 11) is 0. The Balaban J connectivity index is 2.74. The van der Waals surface area contributed by atoms with Gasteiger partial charge >= 0.3 is 0 Å². The summed E-state index contributed by atoms with van der Waals surface area (Å²) in [4.78, 5) is 1.34. The van der Waals surface area contributed by atoms with Crippen LogP contribution in [0.2, 0.25) is 0 Å². The van der Waals surface area contributed by atoms with Gasteiger partial charge in [0.2, 0.25) is 0 Å². The van der Waals surface area contributed by atoms with Gasteiger partial charge in [0.05, 0.1) is 0 Å². The molecule has 0 saturated heterocycles. The molecule has 2 rings (SSSR count). The van der Waals surface area contributed by atoms with Gasteiger partial charge in [0.25, 0.3) is 0 Å². The van der Waals surface area contributed by atoms with Crippen molar-refractivity contribution < 1.29 is 0 Å². The molecule has 0 radical (unpaired) electrons. The lowest BCUT2D eigenvalue weighted by molar-refractivity contribution is 1.74. The van der Waals surface area contributed by atoms with E-state index in [1.54, 1.807) is 0 Å². The highest BCUT2D eigenvalue weighted by molar-refractivity contribution is 7.20. The van der Waals surface area contributed by atoms with Crippen molar-refractivity contribution in [1.82, 2.24) is 0 Å². The first-order valence-electron chi connectivity index (χ1n) is 5.13. The van der Waals surface area contributed by atoms with Crippen molar-refractivity contribution in [2.45, 2.75) is 13.8 Å². The fraction of sp³-hybridized carbons (Fsp3) is 0.143. The van der Waals surface area contributed by atoms with Crippen LogP contribution < -0.4 is 0 Å². The molecule has 1 aromatic carbocycles. The fourth-order valence-corrected chi connectivity index (χ4v) is 2.86. The Morgan fingerprint density at radius 1 is 1.00 bits per heavy atom. The number of hydrogen-bond acceptors (Lipinski definition) is 1. The Hall–Kier alpha value is -1.34. The quantitative estimate of drug-likeness (QED) is 0.662. The standard InChI is InChI=1S/C14H14S/c1-3-7-11-12-9-5-6-10-14(12)15-13(11)8-4-2/h3-10H,1-2H3/b7-3-,8-4-. The van der Waals surface area contributed by atoms with Crippen LogP contribution in [0.4, 0.5) is 0 Å². The van der Waals surface area contributed by atoms with E-state index >= 15 is 0 Å². The molecule has 1 heterocycles. The van der Waals surface area contributed by atoms with E-state index in [9.17, 15) is 0 Å². The van der Waals surface area contributed by atoms with Gasteiger partial charge in [0.1, 0.15) is 0 Å². The summed E-state index contributed by atoms with van der Waals surface area (Å²) in [5.41, 5.74) is 1.34. The molecule has 0 unspecified atom stereocenters. The lowest BCUT2D eigenvalue weighted by Crippen LogP contribution is -1.71. The number of benzene rings is 1. The molecule has 0 nitrogen and oxygen atoms in total. The molecule has 0 aliphatic carbocycles. The maximum Gasteiger partial charge on any atom is 0.0355 e. The molecule has 0 aliphatic heterocycles. The van der Waals surface area contributed by atoms with E-state index in [0.717, 1.165) is 0 Å². The normalized spacial score (nSPS) is 12.1. The molecule has 0 spiro atoms. The summed E-state index contributed by atoms with van der Waals surface area (Å²) < 4.78 is 1.36. The molecule has 0 fully saturated rings. The maximum absolute atomic E-state index is 2.19. The number of allylic oxidation sites excluding steroid dienone is 2. The average molecular weight is 214 g/mol. The van der Waals surface area contributed by atoms with E-state index in [4.69, 9.17) is 0 Å². The van der Waals surface area contributed by atoms with Crippen LogP contribution >= 0.6 is 11.3 Å². The van der Waals surface area contributed by atoms with Crippen LogP contribution in [0.5, 0.6) is 0 Å².